The van der Waals surface area contributed by atoms with E-state index in [9.17, 15) is 0 Å². The van der Waals surface area contributed by atoms with E-state index in [2.05, 4.69) is 80.0 Å². The maximum Gasteiger partial charge on any atom is 0.115 e. The number of unbranched alkanes of at least 4 members (excludes halogenated alkanes) is 2. The molecule has 154 valence electrons. The molecule has 2 nitrogen and oxygen atoms in total. The fraction of sp³-hybridized carbons (Fsp3) is 0.423. The van der Waals surface area contributed by atoms with Crippen LogP contribution >= 0.6 is 11.3 Å². The average Bonchev–Trinajstić information content (AvgIpc) is 3.26. The van der Waals surface area contributed by atoms with E-state index >= 15 is 0 Å². The molecule has 0 saturated heterocycles. The number of rotatable bonds is 11. The highest BCUT2D eigenvalue weighted by Crippen LogP contribution is 2.30. The second-order valence-electron chi connectivity index (χ2n) is 7.71. The quantitative estimate of drug-likeness (QED) is 0.341. The third-order valence-corrected chi connectivity index (χ3v) is 6.35. The van der Waals surface area contributed by atoms with E-state index in [1.165, 1.54) is 54.4 Å². The molecule has 0 amide bonds. The van der Waals surface area contributed by atoms with Crippen LogP contribution < -0.4 is 5.32 Å². The van der Waals surface area contributed by atoms with Gasteiger partial charge in [0.15, 0.2) is 0 Å². The number of nitrogens with zero attached hydrogens (tertiary/aromatic N) is 1. The Morgan fingerprint density at radius 1 is 0.862 bits per heavy atom. The Morgan fingerprint density at radius 3 is 2.21 bits per heavy atom. The molecule has 0 spiro atoms. The standard InChI is InChI=1S/C26H34N2S/c1-4-7-9-21-12-16-23(17-13-21)25(27-18-8-5-2)26-28-24(19-29-26)22-14-10-20(6-3)11-15-22/h10-17,19,25,27H,4-9,18H2,1-3H3. The fourth-order valence-corrected chi connectivity index (χ4v) is 4.42. The number of aryl methyl sites for hydroxylation is 2. The molecule has 1 heterocycles. The maximum absolute atomic E-state index is 5.02. The Bertz CT molecular complexity index is 849. The van der Waals surface area contributed by atoms with E-state index in [0.29, 0.717) is 0 Å². The Labute approximate surface area is 180 Å². The number of hydrogen-bond acceptors (Lipinski definition) is 3. The summed E-state index contributed by atoms with van der Waals surface area (Å²) in [4.78, 5) is 5.02. The van der Waals surface area contributed by atoms with Gasteiger partial charge in [0.2, 0.25) is 0 Å². The van der Waals surface area contributed by atoms with Crippen LogP contribution in [0.5, 0.6) is 0 Å². The highest BCUT2D eigenvalue weighted by Gasteiger charge is 2.18. The molecule has 1 N–H and O–H groups in total. The van der Waals surface area contributed by atoms with Crippen molar-refractivity contribution >= 4 is 11.3 Å². The highest BCUT2D eigenvalue weighted by atomic mass is 32.1. The van der Waals surface area contributed by atoms with Crippen molar-refractivity contribution < 1.29 is 0 Å². The van der Waals surface area contributed by atoms with E-state index in [1.807, 2.05) is 0 Å². The molecule has 0 aliphatic carbocycles. The molecule has 29 heavy (non-hydrogen) atoms. The van der Waals surface area contributed by atoms with Crippen molar-refractivity contribution in [3.8, 4) is 11.3 Å². The molecule has 2 aromatic carbocycles. The van der Waals surface area contributed by atoms with Gasteiger partial charge in [-0.25, -0.2) is 4.98 Å². The van der Waals surface area contributed by atoms with Crippen LogP contribution in [-0.4, -0.2) is 11.5 Å². The van der Waals surface area contributed by atoms with Crippen molar-refractivity contribution in [2.45, 2.75) is 65.3 Å². The van der Waals surface area contributed by atoms with Crippen molar-refractivity contribution in [3.05, 3.63) is 75.6 Å². The smallest absolute Gasteiger partial charge is 0.115 e. The summed E-state index contributed by atoms with van der Waals surface area (Å²) in [6.45, 7) is 7.69. The second-order valence-corrected chi connectivity index (χ2v) is 8.60. The largest absolute Gasteiger partial charge is 0.304 e. The lowest BCUT2D eigenvalue weighted by molar-refractivity contribution is 0.577. The topological polar surface area (TPSA) is 24.9 Å². The first-order valence-electron chi connectivity index (χ1n) is 11.1. The summed E-state index contributed by atoms with van der Waals surface area (Å²) >= 11 is 1.76. The summed E-state index contributed by atoms with van der Waals surface area (Å²) in [6, 6.07) is 18.1. The number of nitrogens with one attached hydrogen (secondary N) is 1. The van der Waals surface area contributed by atoms with Crippen molar-refractivity contribution in [2.24, 2.45) is 0 Å². The van der Waals surface area contributed by atoms with Crippen LogP contribution in [0.3, 0.4) is 0 Å². The van der Waals surface area contributed by atoms with Gasteiger partial charge in [-0.3, -0.25) is 0 Å². The molecular weight excluding hydrogens is 372 g/mol. The number of thiazole rings is 1. The highest BCUT2D eigenvalue weighted by molar-refractivity contribution is 7.10. The summed E-state index contributed by atoms with van der Waals surface area (Å²) < 4.78 is 0. The Kier molecular flexibility index (Phi) is 8.45. The lowest BCUT2D eigenvalue weighted by Gasteiger charge is -2.17. The van der Waals surface area contributed by atoms with Gasteiger partial charge in [0.1, 0.15) is 5.01 Å². The summed E-state index contributed by atoms with van der Waals surface area (Å²) in [7, 11) is 0. The van der Waals surface area contributed by atoms with E-state index < -0.39 is 0 Å². The summed E-state index contributed by atoms with van der Waals surface area (Å²) in [5, 5.41) is 7.09. The van der Waals surface area contributed by atoms with Gasteiger partial charge in [-0.2, -0.15) is 0 Å². The third kappa shape index (κ3) is 6.01. The summed E-state index contributed by atoms with van der Waals surface area (Å²) in [5.74, 6) is 0. The molecule has 1 aromatic heterocycles. The molecule has 3 aromatic rings. The number of benzene rings is 2. The summed E-state index contributed by atoms with van der Waals surface area (Å²) in [6.07, 6.45) is 7.11. The molecule has 3 rings (SSSR count). The molecule has 0 fully saturated rings. The fourth-order valence-electron chi connectivity index (χ4n) is 3.49. The minimum Gasteiger partial charge on any atom is -0.304 e. The molecule has 0 aliphatic rings. The van der Waals surface area contributed by atoms with Crippen molar-refractivity contribution in [1.29, 1.82) is 0 Å². The van der Waals surface area contributed by atoms with Crippen LogP contribution in [0.25, 0.3) is 11.3 Å². The SMILES string of the molecule is CCCCNC(c1ccc(CCCC)cc1)c1nc(-c2ccc(CC)cc2)cs1. The molecule has 0 radical (unpaired) electrons. The predicted molar refractivity (Wildman–Crippen MR) is 127 cm³/mol. The van der Waals surface area contributed by atoms with E-state index in [4.69, 9.17) is 4.98 Å². The second kappa shape index (κ2) is 11.3. The van der Waals surface area contributed by atoms with Crippen LogP contribution in [0.2, 0.25) is 0 Å². The average molecular weight is 407 g/mol. The van der Waals surface area contributed by atoms with Crippen LogP contribution in [0.4, 0.5) is 0 Å². The van der Waals surface area contributed by atoms with E-state index in [-0.39, 0.29) is 6.04 Å². The van der Waals surface area contributed by atoms with E-state index in [0.717, 1.165) is 23.7 Å². The van der Waals surface area contributed by atoms with E-state index in [1.54, 1.807) is 11.3 Å². The first-order valence-corrected chi connectivity index (χ1v) is 12.0. The van der Waals surface area contributed by atoms with Gasteiger partial charge in [0, 0.05) is 10.9 Å². The van der Waals surface area contributed by atoms with Gasteiger partial charge >= 0.3 is 0 Å². The van der Waals surface area contributed by atoms with Crippen molar-refractivity contribution in [3.63, 3.8) is 0 Å². The van der Waals surface area contributed by atoms with Gasteiger partial charge in [-0.1, -0.05) is 82.1 Å². The minimum absolute atomic E-state index is 0.162. The molecule has 1 atom stereocenters. The van der Waals surface area contributed by atoms with Crippen LogP contribution in [0.1, 0.15) is 74.2 Å². The maximum atomic E-state index is 5.02. The van der Waals surface area contributed by atoms with Gasteiger partial charge < -0.3 is 5.32 Å². The first-order chi connectivity index (χ1) is 14.2. The molecule has 0 saturated carbocycles. The first kappa shape index (κ1) is 21.7. The Hall–Kier alpha value is -1.97. The van der Waals surface area contributed by atoms with Gasteiger partial charge in [-0.05, 0) is 48.9 Å². The third-order valence-electron chi connectivity index (χ3n) is 5.44. The molecule has 1 unspecified atom stereocenters. The number of hydrogen-bond donors (Lipinski definition) is 1. The van der Waals surface area contributed by atoms with Crippen molar-refractivity contribution in [2.75, 3.05) is 6.54 Å². The predicted octanol–water partition coefficient (Wildman–Crippen LogP) is 7.19. The molecule has 0 aliphatic heterocycles. The zero-order valence-electron chi connectivity index (χ0n) is 18.1. The molecular formula is C26H34N2S. The van der Waals surface area contributed by atoms with Gasteiger partial charge in [0.05, 0.1) is 11.7 Å². The van der Waals surface area contributed by atoms with Crippen LogP contribution in [-0.2, 0) is 12.8 Å². The summed E-state index contributed by atoms with van der Waals surface area (Å²) in [5.41, 5.74) is 6.38. The minimum atomic E-state index is 0.162. The zero-order chi connectivity index (χ0) is 20.5. The Balaban J connectivity index is 1.81. The van der Waals surface area contributed by atoms with Crippen LogP contribution in [0.15, 0.2) is 53.9 Å². The normalized spacial score (nSPS) is 12.2. The zero-order valence-corrected chi connectivity index (χ0v) is 18.9. The monoisotopic (exact) mass is 406 g/mol. The lowest BCUT2D eigenvalue weighted by atomic mass is 10.0. The Morgan fingerprint density at radius 2 is 1.55 bits per heavy atom. The van der Waals surface area contributed by atoms with Gasteiger partial charge in [-0.15, -0.1) is 11.3 Å². The molecule has 3 heteroatoms. The van der Waals surface area contributed by atoms with Gasteiger partial charge in [0.25, 0.3) is 0 Å². The van der Waals surface area contributed by atoms with Crippen LogP contribution in [0, 0.1) is 0 Å². The van der Waals surface area contributed by atoms with Crippen molar-refractivity contribution in [1.82, 2.24) is 10.3 Å². The number of aromatic nitrogens is 1. The molecule has 0 bridgehead atoms. The lowest BCUT2D eigenvalue weighted by Crippen LogP contribution is -2.23.